The second-order valence-electron chi connectivity index (χ2n) is 4.51. The number of H-pyrrole nitrogens is 1. The van der Waals surface area contributed by atoms with Gasteiger partial charge in [-0.2, -0.15) is 5.10 Å². The van der Waals surface area contributed by atoms with E-state index in [9.17, 15) is 9.59 Å². The molecular weight excluding hydrogens is 250 g/mol. The van der Waals surface area contributed by atoms with E-state index in [-0.39, 0.29) is 12.6 Å². The predicted octanol–water partition coefficient (Wildman–Crippen LogP) is 0.147. The smallest absolute Gasteiger partial charge is 0.314 e. The summed E-state index contributed by atoms with van der Waals surface area (Å²) in [6.07, 6.45) is 2.38. The lowest BCUT2D eigenvalue weighted by molar-refractivity contribution is -0.147. The number of hydrogen-bond acceptors (Lipinski definition) is 4. The molecule has 19 heavy (non-hydrogen) atoms. The Morgan fingerprint density at radius 1 is 1.47 bits per heavy atom. The lowest BCUT2D eigenvalue weighted by Crippen LogP contribution is -2.45. The quantitative estimate of drug-likeness (QED) is 0.561. The Kier molecular flexibility index (Phi) is 5.28. The zero-order valence-electron chi connectivity index (χ0n) is 11.1. The molecule has 0 saturated heterocycles. The van der Waals surface area contributed by atoms with Crippen LogP contribution in [0.2, 0.25) is 0 Å². The summed E-state index contributed by atoms with van der Waals surface area (Å²) in [6, 6.07) is -0.388. The summed E-state index contributed by atoms with van der Waals surface area (Å²) < 4.78 is 0. The van der Waals surface area contributed by atoms with Gasteiger partial charge in [-0.25, -0.2) is 9.78 Å². The van der Waals surface area contributed by atoms with Crippen molar-refractivity contribution < 1.29 is 14.7 Å². The van der Waals surface area contributed by atoms with E-state index in [0.29, 0.717) is 25.2 Å². The number of aliphatic carboxylic acids is 1. The minimum Gasteiger partial charge on any atom is -0.481 e. The number of hydrogen-bond donors (Lipinski definition) is 4. The highest BCUT2D eigenvalue weighted by Crippen LogP contribution is 2.19. The fourth-order valence-corrected chi connectivity index (χ4v) is 1.34. The van der Waals surface area contributed by atoms with Crippen molar-refractivity contribution >= 4 is 12.0 Å². The van der Waals surface area contributed by atoms with E-state index in [1.165, 1.54) is 6.33 Å². The number of aromatic amines is 1. The first-order valence-corrected chi connectivity index (χ1v) is 6.07. The number of aromatic nitrogens is 3. The monoisotopic (exact) mass is 269 g/mol. The number of carbonyl (C=O) groups excluding carboxylic acids is 1. The normalized spacial score (nSPS) is 13.6. The molecule has 0 spiro atoms. The van der Waals surface area contributed by atoms with E-state index in [2.05, 4.69) is 25.8 Å². The van der Waals surface area contributed by atoms with Gasteiger partial charge in [0.15, 0.2) is 0 Å². The minimum atomic E-state index is -0.942. The van der Waals surface area contributed by atoms with Crippen molar-refractivity contribution in [2.24, 2.45) is 5.41 Å². The first kappa shape index (κ1) is 14.9. The van der Waals surface area contributed by atoms with Crippen LogP contribution in [0.4, 0.5) is 4.79 Å². The third-order valence-corrected chi connectivity index (χ3v) is 3.05. The van der Waals surface area contributed by atoms with Gasteiger partial charge in [0.1, 0.15) is 12.2 Å². The third-order valence-electron chi connectivity index (χ3n) is 3.05. The fraction of sp³-hybridized carbons (Fsp3) is 0.636. The van der Waals surface area contributed by atoms with E-state index >= 15 is 0 Å². The summed E-state index contributed by atoms with van der Waals surface area (Å²) in [5.74, 6) is -0.235. The first-order chi connectivity index (χ1) is 8.98. The number of nitrogens with zero attached hydrogens (tertiary/aromatic N) is 2. The van der Waals surface area contributed by atoms with Crippen molar-refractivity contribution in [3.05, 3.63) is 12.2 Å². The molecule has 0 aromatic carbocycles. The molecule has 8 heteroatoms. The third kappa shape index (κ3) is 4.57. The Morgan fingerprint density at radius 2 is 2.21 bits per heavy atom. The molecule has 8 nitrogen and oxygen atoms in total. The second-order valence-corrected chi connectivity index (χ2v) is 4.51. The van der Waals surface area contributed by atoms with Crippen LogP contribution in [0.1, 0.15) is 26.1 Å². The number of rotatable bonds is 7. The van der Waals surface area contributed by atoms with Gasteiger partial charge in [-0.15, -0.1) is 0 Å². The van der Waals surface area contributed by atoms with Crippen LogP contribution in [-0.4, -0.2) is 45.4 Å². The maximum atomic E-state index is 11.5. The number of carboxylic acids is 1. The van der Waals surface area contributed by atoms with Crippen LogP contribution in [0.25, 0.3) is 0 Å². The summed E-state index contributed by atoms with van der Waals surface area (Å²) in [5, 5.41) is 20.6. The molecule has 0 aliphatic rings. The number of amides is 2. The summed E-state index contributed by atoms with van der Waals surface area (Å²) in [7, 11) is 0. The largest absolute Gasteiger partial charge is 0.481 e. The minimum absolute atomic E-state index is 0.0903. The summed E-state index contributed by atoms with van der Waals surface area (Å²) in [4.78, 5) is 26.5. The molecule has 1 atom stereocenters. The van der Waals surface area contributed by atoms with Crippen LogP contribution >= 0.6 is 0 Å². The van der Waals surface area contributed by atoms with E-state index in [0.717, 1.165) is 0 Å². The van der Waals surface area contributed by atoms with E-state index < -0.39 is 11.4 Å². The molecule has 0 fully saturated rings. The Hall–Kier alpha value is -2.12. The Labute approximate surface area is 111 Å². The van der Waals surface area contributed by atoms with Crippen molar-refractivity contribution in [2.45, 2.75) is 26.7 Å². The lowest BCUT2D eigenvalue weighted by atomic mass is 9.88. The number of carbonyl (C=O) groups is 2. The highest BCUT2D eigenvalue weighted by atomic mass is 16.4. The zero-order valence-corrected chi connectivity index (χ0v) is 11.1. The maximum Gasteiger partial charge on any atom is 0.314 e. The number of urea groups is 1. The van der Waals surface area contributed by atoms with Gasteiger partial charge < -0.3 is 15.7 Å². The average molecular weight is 269 g/mol. The molecule has 1 aromatic rings. The molecule has 0 radical (unpaired) electrons. The van der Waals surface area contributed by atoms with Gasteiger partial charge in [0.05, 0.1) is 5.41 Å². The summed E-state index contributed by atoms with van der Waals surface area (Å²) in [6.45, 7) is 3.87. The summed E-state index contributed by atoms with van der Waals surface area (Å²) in [5.41, 5.74) is -0.942. The number of carboxylic acid groups (broad SMARTS) is 1. The molecule has 1 rings (SSSR count). The van der Waals surface area contributed by atoms with E-state index in [1.54, 1.807) is 13.8 Å². The van der Waals surface area contributed by atoms with Crippen molar-refractivity contribution in [3.63, 3.8) is 0 Å². The van der Waals surface area contributed by atoms with Crippen LogP contribution in [0, 0.1) is 5.41 Å². The lowest BCUT2D eigenvalue weighted by Gasteiger charge is -2.23. The molecule has 1 heterocycles. The molecule has 0 bridgehead atoms. The number of nitrogens with one attached hydrogen (secondary N) is 3. The molecule has 2 amide bonds. The maximum absolute atomic E-state index is 11.5. The van der Waals surface area contributed by atoms with Gasteiger partial charge in [-0.3, -0.25) is 9.89 Å². The van der Waals surface area contributed by atoms with Crippen LogP contribution in [0.15, 0.2) is 6.33 Å². The summed E-state index contributed by atoms with van der Waals surface area (Å²) >= 11 is 0. The molecule has 0 saturated carbocycles. The topological polar surface area (TPSA) is 120 Å². The predicted molar refractivity (Wildman–Crippen MR) is 67.5 cm³/mol. The molecule has 106 valence electrons. The molecule has 0 aliphatic carbocycles. The van der Waals surface area contributed by atoms with Gasteiger partial charge in [-0.05, 0) is 13.3 Å². The highest BCUT2D eigenvalue weighted by Gasteiger charge is 2.31. The van der Waals surface area contributed by atoms with E-state index in [1.807, 2.05) is 0 Å². The Morgan fingerprint density at radius 3 is 2.74 bits per heavy atom. The van der Waals surface area contributed by atoms with Gasteiger partial charge in [-0.1, -0.05) is 6.92 Å². The van der Waals surface area contributed by atoms with Crippen LogP contribution < -0.4 is 10.6 Å². The SMILES string of the molecule is CCC(C)(CNC(=O)NCCc1ncn[nH]1)C(=O)O. The second kappa shape index (κ2) is 6.72. The highest BCUT2D eigenvalue weighted by molar-refractivity contribution is 5.77. The molecular formula is C11H19N5O3. The molecule has 0 aliphatic heterocycles. The van der Waals surface area contributed by atoms with Gasteiger partial charge in [0, 0.05) is 19.5 Å². The fourth-order valence-electron chi connectivity index (χ4n) is 1.34. The van der Waals surface area contributed by atoms with Gasteiger partial charge in [0.25, 0.3) is 0 Å². The zero-order chi connectivity index (χ0) is 14.3. The van der Waals surface area contributed by atoms with Gasteiger partial charge >= 0.3 is 12.0 Å². The molecule has 1 unspecified atom stereocenters. The van der Waals surface area contributed by atoms with E-state index in [4.69, 9.17) is 5.11 Å². The molecule has 4 N–H and O–H groups in total. The standard InChI is InChI=1S/C11H19N5O3/c1-3-11(2,9(17)18)6-13-10(19)12-5-4-8-14-7-15-16-8/h7H,3-6H2,1-2H3,(H,17,18)(H2,12,13,19)(H,14,15,16). The van der Waals surface area contributed by atoms with Crippen LogP contribution in [0.5, 0.6) is 0 Å². The van der Waals surface area contributed by atoms with Crippen LogP contribution in [0.3, 0.4) is 0 Å². The first-order valence-electron chi connectivity index (χ1n) is 6.07. The Bertz CT molecular complexity index is 420. The Balaban J connectivity index is 2.26. The van der Waals surface area contributed by atoms with Crippen LogP contribution in [-0.2, 0) is 11.2 Å². The van der Waals surface area contributed by atoms with Crippen molar-refractivity contribution in [3.8, 4) is 0 Å². The van der Waals surface area contributed by atoms with Crippen molar-refractivity contribution in [1.82, 2.24) is 25.8 Å². The van der Waals surface area contributed by atoms with Crippen molar-refractivity contribution in [1.29, 1.82) is 0 Å². The molecule has 1 aromatic heterocycles. The van der Waals surface area contributed by atoms with Gasteiger partial charge in [0.2, 0.25) is 0 Å². The average Bonchev–Trinajstić information content (AvgIpc) is 2.89. The van der Waals surface area contributed by atoms with Crippen molar-refractivity contribution in [2.75, 3.05) is 13.1 Å².